The van der Waals surface area contributed by atoms with Gasteiger partial charge in [-0.1, -0.05) is 19.3 Å². The molecule has 1 atom stereocenters. The largest absolute Gasteiger partial charge is 0.330 e. The third kappa shape index (κ3) is 11.8. The molecule has 0 spiro atoms. The molecule has 0 rings (SSSR count). The van der Waals surface area contributed by atoms with Crippen LogP contribution in [-0.2, 0) is 0 Å². The molecule has 1 unspecified atom stereocenters. The van der Waals surface area contributed by atoms with Crippen LogP contribution in [0.5, 0.6) is 0 Å². The second-order valence-corrected chi connectivity index (χ2v) is 4.05. The van der Waals surface area contributed by atoms with Crippen molar-refractivity contribution >= 4 is 0 Å². The maximum absolute atomic E-state index is 5.90. The van der Waals surface area contributed by atoms with E-state index in [1.54, 1.807) is 0 Å². The van der Waals surface area contributed by atoms with Crippen LogP contribution in [0.4, 0.5) is 0 Å². The van der Waals surface area contributed by atoms with Crippen molar-refractivity contribution in [1.82, 2.24) is 5.32 Å². The quantitative estimate of drug-likeness (QED) is 0.299. The van der Waals surface area contributed by atoms with Gasteiger partial charge in [-0.25, -0.2) is 0 Å². The van der Waals surface area contributed by atoms with Gasteiger partial charge in [0.25, 0.3) is 0 Å². The van der Waals surface area contributed by atoms with Crippen molar-refractivity contribution in [3.05, 3.63) is 0 Å². The predicted octanol–water partition coefficient (Wildman–Crippen LogP) is 0.509. The second kappa shape index (κ2) is 11.9. The van der Waals surface area contributed by atoms with Crippen molar-refractivity contribution < 1.29 is 0 Å². The third-order valence-electron chi connectivity index (χ3n) is 2.51. The lowest BCUT2D eigenvalue weighted by atomic mass is 10.1. The summed E-state index contributed by atoms with van der Waals surface area (Å²) in [5.41, 5.74) is 16.7. The molecule has 0 aliphatic rings. The molecule has 0 aromatic carbocycles. The zero-order valence-corrected chi connectivity index (χ0v) is 9.88. The average Bonchev–Trinajstić information content (AvgIpc) is 2.24. The Labute approximate surface area is 94.0 Å². The van der Waals surface area contributed by atoms with Gasteiger partial charge in [-0.15, -0.1) is 0 Å². The van der Waals surface area contributed by atoms with E-state index in [4.69, 9.17) is 17.2 Å². The predicted molar refractivity (Wildman–Crippen MR) is 66.4 cm³/mol. The molecule has 0 fully saturated rings. The molecule has 0 radical (unpaired) electrons. The molecule has 0 aliphatic carbocycles. The first kappa shape index (κ1) is 14.8. The van der Waals surface area contributed by atoms with E-state index in [0.717, 1.165) is 38.9 Å². The summed E-state index contributed by atoms with van der Waals surface area (Å²) >= 11 is 0. The minimum Gasteiger partial charge on any atom is -0.330 e. The fourth-order valence-corrected chi connectivity index (χ4v) is 1.52. The van der Waals surface area contributed by atoms with Crippen molar-refractivity contribution in [1.29, 1.82) is 0 Å². The molecular weight excluding hydrogens is 188 g/mol. The molecule has 0 heterocycles. The van der Waals surface area contributed by atoms with Crippen molar-refractivity contribution in [2.45, 2.75) is 51.1 Å². The van der Waals surface area contributed by atoms with E-state index in [0.29, 0.717) is 0 Å². The number of nitrogens with one attached hydrogen (secondary N) is 1. The Morgan fingerprint density at radius 2 is 1.40 bits per heavy atom. The Bertz CT molecular complexity index is 119. The Kier molecular flexibility index (Phi) is 11.8. The first-order valence-corrected chi connectivity index (χ1v) is 6.20. The summed E-state index contributed by atoms with van der Waals surface area (Å²) in [6.45, 7) is 2.60. The monoisotopic (exact) mass is 216 g/mol. The molecule has 0 bridgehead atoms. The van der Waals surface area contributed by atoms with Crippen LogP contribution < -0.4 is 22.5 Å². The van der Waals surface area contributed by atoms with Gasteiger partial charge in [0.2, 0.25) is 0 Å². The van der Waals surface area contributed by atoms with Crippen LogP contribution >= 0.6 is 0 Å². The van der Waals surface area contributed by atoms with Crippen molar-refractivity contribution in [3.8, 4) is 0 Å². The van der Waals surface area contributed by atoms with Gasteiger partial charge in [-0.3, -0.25) is 0 Å². The number of rotatable bonds is 11. The highest BCUT2D eigenvalue weighted by Crippen LogP contribution is 2.00. The molecule has 15 heavy (non-hydrogen) atoms. The summed E-state index contributed by atoms with van der Waals surface area (Å²) in [6, 6.07) is 0. The van der Waals surface area contributed by atoms with Gasteiger partial charge in [0, 0.05) is 0 Å². The summed E-state index contributed by atoms with van der Waals surface area (Å²) in [5.74, 6) is 0. The zero-order valence-electron chi connectivity index (χ0n) is 9.88. The maximum atomic E-state index is 5.90. The Morgan fingerprint density at radius 3 is 2.00 bits per heavy atom. The van der Waals surface area contributed by atoms with E-state index in [1.807, 2.05) is 0 Å². The number of hydrogen-bond donors (Lipinski definition) is 4. The Morgan fingerprint density at radius 1 is 0.800 bits per heavy atom. The lowest BCUT2D eigenvalue weighted by Gasteiger charge is -2.13. The molecule has 0 saturated heterocycles. The van der Waals surface area contributed by atoms with E-state index in [2.05, 4.69) is 5.32 Å². The average molecular weight is 216 g/mol. The van der Waals surface area contributed by atoms with Crippen molar-refractivity contribution in [2.75, 3.05) is 19.6 Å². The minimum absolute atomic E-state index is 0.153. The molecule has 4 nitrogen and oxygen atoms in total. The molecule has 92 valence electrons. The topological polar surface area (TPSA) is 90.1 Å². The fourth-order valence-electron chi connectivity index (χ4n) is 1.52. The molecule has 0 aromatic rings. The van der Waals surface area contributed by atoms with Crippen LogP contribution in [0.2, 0.25) is 0 Å². The van der Waals surface area contributed by atoms with Crippen molar-refractivity contribution in [3.63, 3.8) is 0 Å². The summed E-state index contributed by atoms with van der Waals surface area (Å²) in [5, 5.41) is 3.32. The summed E-state index contributed by atoms with van der Waals surface area (Å²) in [7, 11) is 0. The summed E-state index contributed by atoms with van der Waals surface area (Å²) in [6.07, 6.45) is 8.18. The summed E-state index contributed by atoms with van der Waals surface area (Å²) in [4.78, 5) is 0. The highest BCUT2D eigenvalue weighted by Gasteiger charge is 2.00. The van der Waals surface area contributed by atoms with Gasteiger partial charge < -0.3 is 22.5 Å². The van der Waals surface area contributed by atoms with Crippen molar-refractivity contribution in [2.24, 2.45) is 17.2 Å². The van der Waals surface area contributed by atoms with E-state index < -0.39 is 0 Å². The second-order valence-electron chi connectivity index (χ2n) is 4.05. The standard InChI is InChI=1S/C11H28N4/c12-8-4-1-3-7-11(14)15-10-6-2-5-9-13/h11,15H,1-10,12-14H2. The van der Waals surface area contributed by atoms with Crippen LogP contribution in [0.1, 0.15) is 44.9 Å². The van der Waals surface area contributed by atoms with Crippen LogP contribution in [-0.4, -0.2) is 25.8 Å². The minimum atomic E-state index is 0.153. The van der Waals surface area contributed by atoms with Crippen LogP contribution in [0.3, 0.4) is 0 Å². The van der Waals surface area contributed by atoms with E-state index >= 15 is 0 Å². The lowest BCUT2D eigenvalue weighted by Crippen LogP contribution is -2.37. The number of nitrogens with two attached hydrogens (primary N) is 3. The SMILES string of the molecule is NCCCCCNC(N)CCCCCN. The first-order chi connectivity index (χ1) is 7.31. The molecule has 0 aliphatic heterocycles. The number of hydrogen-bond acceptors (Lipinski definition) is 4. The molecule has 7 N–H and O–H groups in total. The zero-order chi connectivity index (χ0) is 11.4. The lowest BCUT2D eigenvalue weighted by molar-refractivity contribution is 0.459. The highest BCUT2D eigenvalue weighted by molar-refractivity contribution is 4.59. The van der Waals surface area contributed by atoms with Gasteiger partial charge in [0.1, 0.15) is 0 Å². The van der Waals surface area contributed by atoms with E-state index in [1.165, 1.54) is 25.7 Å². The normalized spacial score (nSPS) is 13.0. The van der Waals surface area contributed by atoms with Gasteiger partial charge in [-0.2, -0.15) is 0 Å². The van der Waals surface area contributed by atoms with Crippen LogP contribution in [0, 0.1) is 0 Å². The van der Waals surface area contributed by atoms with Gasteiger partial charge in [0.15, 0.2) is 0 Å². The van der Waals surface area contributed by atoms with E-state index in [9.17, 15) is 0 Å². The Balaban J connectivity index is 3.08. The molecule has 4 heteroatoms. The van der Waals surface area contributed by atoms with E-state index in [-0.39, 0.29) is 6.17 Å². The molecule has 0 amide bonds. The fraction of sp³-hybridized carbons (Fsp3) is 1.00. The Hall–Kier alpha value is -0.160. The first-order valence-electron chi connectivity index (χ1n) is 6.20. The van der Waals surface area contributed by atoms with Gasteiger partial charge >= 0.3 is 0 Å². The summed E-state index contributed by atoms with van der Waals surface area (Å²) < 4.78 is 0. The third-order valence-corrected chi connectivity index (χ3v) is 2.51. The maximum Gasteiger partial charge on any atom is 0.0546 e. The molecule has 0 saturated carbocycles. The van der Waals surface area contributed by atoms with Crippen LogP contribution in [0.15, 0.2) is 0 Å². The van der Waals surface area contributed by atoms with Crippen LogP contribution in [0.25, 0.3) is 0 Å². The molecular formula is C11H28N4. The highest BCUT2D eigenvalue weighted by atomic mass is 15.0. The number of unbranched alkanes of at least 4 members (excludes halogenated alkanes) is 4. The smallest absolute Gasteiger partial charge is 0.0546 e. The molecule has 0 aromatic heterocycles. The van der Waals surface area contributed by atoms with Gasteiger partial charge in [-0.05, 0) is 45.3 Å². The van der Waals surface area contributed by atoms with Gasteiger partial charge in [0.05, 0.1) is 6.17 Å².